The number of sulfonamides is 1. The molecule has 124 valence electrons. The van der Waals surface area contributed by atoms with Gasteiger partial charge in [0.2, 0.25) is 10.0 Å². The van der Waals surface area contributed by atoms with Crippen LogP contribution in [0.4, 0.5) is 0 Å². The molecule has 1 saturated heterocycles. The van der Waals surface area contributed by atoms with E-state index in [1.807, 2.05) is 0 Å². The zero-order chi connectivity index (χ0) is 16.4. The van der Waals surface area contributed by atoms with Gasteiger partial charge < -0.3 is 0 Å². The molecule has 8 nitrogen and oxygen atoms in total. The van der Waals surface area contributed by atoms with Crippen molar-refractivity contribution in [3.63, 3.8) is 0 Å². The highest BCUT2D eigenvalue weighted by Crippen LogP contribution is 2.20. The molecule has 1 fully saturated rings. The van der Waals surface area contributed by atoms with E-state index in [0.717, 1.165) is 12.8 Å². The van der Waals surface area contributed by atoms with Crippen LogP contribution in [0.2, 0.25) is 0 Å². The molecule has 23 heavy (non-hydrogen) atoms. The van der Waals surface area contributed by atoms with Gasteiger partial charge in [-0.15, -0.1) is 5.10 Å². The monoisotopic (exact) mass is 337 g/mol. The Labute approximate surface area is 134 Å². The van der Waals surface area contributed by atoms with Crippen molar-refractivity contribution in [2.75, 3.05) is 19.3 Å². The number of hydrogen-bond acceptors (Lipinski definition) is 5. The molecule has 2 aromatic rings. The number of aromatic nitrogens is 4. The summed E-state index contributed by atoms with van der Waals surface area (Å²) in [5, 5.41) is 8.46. The fourth-order valence-corrected chi connectivity index (χ4v) is 3.64. The van der Waals surface area contributed by atoms with Gasteiger partial charge >= 0.3 is 0 Å². The molecule has 0 unspecified atom stereocenters. The van der Waals surface area contributed by atoms with Crippen LogP contribution in [0.25, 0.3) is 5.82 Å². The highest BCUT2D eigenvalue weighted by atomic mass is 32.2. The predicted molar refractivity (Wildman–Crippen MR) is 84.8 cm³/mol. The smallest absolute Gasteiger partial charge is 0.266 e. The third-order valence-electron chi connectivity index (χ3n) is 4.07. The standard InChI is InChI=1S/C14H19N5O3S/c1-23(21,22)17-9-5-12(6-10-17)11-19-14(20)4-3-13(16-19)18-8-2-7-15-18/h2-4,7-8,12H,5-6,9-11H2,1H3. The normalized spacial score (nSPS) is 17.4. The summed E-state index contributed by atoms with van der Waals surface area (Å²) in [6, 6.07) is 4.91. The number of hydrogen-bond donors (Lipinski definition) is 0. The maximum absolute atomic E-state index is 12.0. The molecule has 0 spiro atoms. The maximum Gasteiger partial charge on any atom is 0.266 e. The van der Waals surface area contributed by atoms with Crippen LogP contribution < -0.4 is 5.56 Å². The lowest BCUT2D eigenvalue weighted by atomic mass is 9.98. The summed E-state index contributed by atoms with van der Waals surface area (Å²) in [5.41, 5.74) is -0.161. The Morgan fingerprint density at radius 2 is 2.00 bits per heavy atom. The van der Waals surface area contributed by atoms with E-state index in [1.165, 1.54) is 21.3 Å². The SMILES string of the molecule is CS(=O)(=O)N1CCC(Cn2nc(-n3cccn3)ccc2=O)CC1. The minimum absolute atomic E-state index is 0.161. The topological polar surface area (TPSA) is 90.1 Å². The summed E-state index contributed by atoms with van der Waals surface area (Å²) in [7, 11) is -3.13. The van der Waals surface area contributed by atoms with E-state index in [9.17, 15) is 13.2 Å². The fourth-order valence-electron chi connectivity index (χ4n) is 2.76. The van der Waals surface area contributed by atoms with Crippen LogP contribution in [0.3, 0.4) is 0 Å². The average Bonchev–Trinajstić information content (AvgIpc) is 3.03. The van der Waals surface area contributed by atoms with Crippen molar-refractivity contribution in [2.45, 2.75) is 19.4 Å². The molecule has 0 aliphatic carbocycles. The Hall–Kier alpha value is -2.00. The highest BCUT2D eigenvalue weighted by molar-refractivity contribution is 7.88. The summed E-state index contributed by atoms with van der Waals surface area (Å²) in [6.07, 6.45) is 6.10. The van der Waals surface area contributed by atoms with E-state index in [4.69, 9.17) is 0 Å². The zero-order valence-electron chi connectivity index (χ0n) is 12.9. The van der Waals surface area contributed by atoms with Crippen molar-refractivity contribution in [3.05, 3.63) is 40.9 Å². The lowest BCUT2D eigenvalue weighted by Crippen LogP contribution is -2.39. The number of nitrogens with zero attached hydrogens (tertiary/aromatic N) is 5. The van der Waals surface area contributed by atoms with Crippen LogP contribution in [0, 0.1) is 5.92 Å². The molecule has 2 aromatic heterocycles. The molecule has 0 amide bonds. The summed E-state index contributed by atoms with van der Waals surface area (Å²) in [6.45, 7) is 1.49. The molecule has 0 bridgehead atoms. The van der Waals surface area contributed by atoms with Crippen molar-refractivity contribution in [1.29, 1.82) is 0 Å². The predicted octanol–water partition coefficient (Wildman–Crippen LogP) is 0.101. The van der Waals surface area contributed by atoms with Gasteiger partial charge in [-0.25, -0.2) is 22.1 Å². The molecule has 0 atom stereocenters. The van der Waals surface area contributed by atoms with E-state index in [0.29, 0.717) is 25.5 Å². The molecule has 9 heteroatoms. The van der Waals surface area contributed by atoms with Gasteiger partial charge in [-0.2, -0.15) is 5.10 Å². The van der Waals surface area contributed by atoms with Crippen molar-refractivity contribution < 1.29 is 8.42 Å². The van der Waals surface area contributed by atoms with E-state index < -0.39 is 10.0 Å². The molecule has 3 rings (SSSR count). The third-order valence-corrected chi connectivity index (χ3v) is 5.37. The highest BCUT2D eigenvalue weighted by Gasteiger charge is 2.25. The molecular weight excluding hydrogens is 318 g/mol. The second-order valence-electron chi connectivity index (χ2n) is 5.77. The van der Waals surface area contributed by atoms with Gasteiger partial charge in [0, 0.05) is 38.1 Å². The van der Waals surface area contributed by atoms with Crippen molar-refractivity contribution in [3.8, 4) is 5.82 Å². The lowest BCUT2D eigenvalue weighted by Gasteiger charge is -2.30. The molecular formula is C14H19N5O3S. The minimum Gasteiger partial charge on any atom is -0.268 e. The van der Waals surface area contributed by atoms with Gasteiger partial charge in [-0.3, -0.25) is 4.79 Å². The zero-order valence-corrected chi connectivity index (χ0v) is 13.7. The van der Waals surface area contributed by atoms with Crippen LogP contribution in [0.15, 0.2) is 35.4 Å². The van der Waals surface area contributed by atoms with E-state index >= 15 is 0 Å². The molecule has 0 saturated carbocycles. The Morgan fingerprint density at radius 3 is 2.61 bits per heavy atom. The van der Waals surface area contributed by atoms with Crippen LogP contribution in [0.1, 0.15) is 12.8 Å². The molecule has 1 aliphatic rings. The first-order valence-corrected chi connectivity index (χ1v) is 9.31. The summed E-state index contributed by atoms with van der Waals surface area (Å²) >= 11 is 0. The summed E-state index contributed by atoms with van der Waals surface area (Å²) < 4.78 is 27.6. The largest absolute Gasteiger partial charge is 0.268 e. The van der Waals surface area contributed by atoms with Crippen LogP contribution in [0.5, 0.6) is 0 Å². The van der Waals surface area contributed by atoms with Crippen LogP contribution in [-0.2, 0) is 16.6 Å². The van der Waals surface area contributed by atoms with Crippen molar-refractivity contribution in [2.24, 2.45) is 5.92 Å². The van der Waals surface area contributed by atoms with Gasteiger partial charge in [0.15, 0.2) is 5.82 Å². The Morgan fingerprint density at radius 1 is 1.26 bits per heavy atom. The second-order valence-corrected chi connectivity index (χ2v) is 7.75. The molecule has 0 N–H and O–H groups in total. The molecule has 0 aromatic carbocycles. The van der Waals surface area contributed by atoms with Crippen LogP contribution >= 0.6 is 0 Å². The second kappa shape index (κ2) is 6.25. The van der Waals surface area contributed by atoms with Crippen molar-refractivity contribution in [1.82, 2.24) is 23.9 Å². The Balaban J connectivity index is 1.72. The lowest BCUT2D eigenvalue weighted by molar-refractivity contribution is 0.245. The van der Waals surface area contributed by atoms with E-state index in [1.54, 1.807) is 29.2 Å². The quantitative estimate of drug-likeness (QED) is 0.789. The Bertz CT molecular complexity index is 820. The average molecular weight is 337 g/mol. The van der Waals surface area contributed by atoms with E-state index in [2.05, 4.69) is 10.2 Å². The first kappa shape index (κ1) is 15.9. The summed E-state index contributed by atoms with van der Waals surface area (Å²) in [4.78, 5) is 12.0. The van der Waals surface area contributed by atoms with Crippen LogP contribution in [-0.4, -0.2) is 51.6 Å². The molecule has 1 aliphatic heterocycles. The number of piperidine rings is 1. The Kier molecular flexibility index (Phi) is 4.31. The van der Waals surface area contributed by atoms with Crippen molar-refractivity contribution >= 4 is 10.0 Å². The fraction of sp³-hybridized carbons (Fsp3) is 0.500. The first-order chi connectivity index (χ1) is 10.9. The molecule has 3 heterocycles. The molecule has 0 radical (unpaired) electrons. The van der Waals surface area contributed by atoms with Gasteiger partial charge in [-0.1, -0.05) is 0 Å². The maximum atomic E-state index is 12.0. The third kappa shape index (κ3) is 3.67. The van der Waals surface area contributed by atoms with Gasteiger partial charge in [0.05, 0.1) is 6.26 Å². The van der Waals surface area contributed by atoms with Gasteiger partial charge in [0.25, 0.3) is 5.56 Å². The first-order valence-electron chi connectivity index (χ1n) is 7.47. The summed E-state index contributed by atoms with van der Waals surface area (Å²) in [5.74, 6) is 0.828. The van der Waals surface area contributed by atoms with Gasteiger partial charge in [-0.05, 0) is 30.9 Å². The van der Waals surface area contributed by atoms with E-state index in [-0.39, 0.29) is 11.5 Å². The minimum atomic E-state index is -3.13. The van der Waals surface area contributed by atoms with Gasteiger partial charge in [0.1, 0.15) is 0 Å². The number of rotatable bonds is 4.